The summed E-state index contributed by atoms with van der Waals surface area (Å²) in [4.78, 5) is 8.79. The number of fused-ring (bicyclic) bond motifs is 1. The van der Waals surface area contributed by atoms with Gasteiger partial charge in [-0.25, -0.2) is 4.98 Å². The minimum absolute atomic E-state index is 0.0502. The van der Waals surface area contributed by atoms with Gasteiger partial charge < -0.3 is 24.1 Å². The van der Waals surface area contributed by atoms with Gasteiger partial charge in [0.15, 0.2) is 0 Å². The number of methoxy groups -OCH3 is 1. The maximum Gasteiger partial charge on any atom is 0.237 e. The molecule has 2 aromatic heterocycles. The molecule has 10 heteroatoms. The van der Waals surface area contributed by atoms with Crippen LogP contribution in [0.15, 0.2) is 6.20 Å². The van der Waals surface area contributed by atoms with Crippen LogP contribution in [-0.2, 0) is 22.4 Å². The summed E-state index contributed by atoms with van der Waals surface area (Å²) in [5.41, 5.74) is 0.337. The first-order valence-electron chi connectivity index (χ1n) is 11.0. The average Bonchev–Trinajstić information content (AvgIpc) is 3.20. The zero-order chi connectivity index (χ0) is 21.2. The Labute approximate surface area is 180 Å². The van der Waals surface area contributed by atoms with Crippen molar-refractivity contribution in [2.24, 2.45) is 0 Å². The van der Waals surface area contributed by atoms with Crippen molar-refractivity contribution in [3.63, 3.8) is 0 Å². The summed E-state index contributed by atoms with van der Waals surface area (Å²) in [5, 5.41) is 21.8. The second-order valence-corrected chi connectivity index (χ2v) is 8.48. The number of aromatic nitrogens is 5. The van der Waals surface area contributed by atoms with Crippen LogP contribution in [0.25, 0.3) is 0 Å². The van der Waals surface area contributed by atoms with Gasteiger partial charge >= 0.3 is 0 Å². The summed E-state index contributed by atoms with van der Waals surface area (Å²) < 4.78 is 18.7. The van der Waals surface area contributed by atoms with Gasteiger partial charge in [0.2, 0.25) is 11.8 Å². The zero-order valence-corrected chi connectivity index (χ0v) is 17.7. The van der Waals surface area contributed by atoms with Crippen LogP contribution in [0.2, 0.25) is 0 Å². The first-order valence-corrected chi connectivity index (χ1v) is 11.0. The lowest BCUT2D eigenvalue weighted by molar-refractivity contribution is -0.0814. The molecule has 164 valence electrons. The van der Waals surface area contributed by atoms with Crippen molar-refractivity contribution in [1.29, 1.82) is 5.26 Å². The van der Waals surface area contributed by atoms with E-state index in [1.165, 1.54) is 6.20 Å². The number of ether oxygens (including phenoxy) is 3. The Bertz CT molecular complexity index is 968. The molecule has 0 aromatic carbocycles. The fourth-order valence-electron chi connectivity index (χ4n) is 4.61. The van der Waals surface area contributed by atoms with E-state index in [-0.39, 0.29) is 18.2 Å². The van der Waals surface area contributed by atoms with Gasteiger partial charge in [0.1, 0.15) is 29.4 Å². The van der Waals surface area contributed by atoms with Crippen molar-refractivity contribution >= 4 is 5.95 Å². The highest BCUT2D eigenvalue weighted by Gasteiger charge is 2.31. The molecule has 3 aliphatic rings. The lowest BCUT2D eigenvalue weighted by Crippen LogP contribution is -2.39. The quantitative estimate of drug-likeness (QED) is 0.739. The summed E-state index contributed by atoms with van der Waals surface area (Å²) in [7, 11) is 1.76. The maximum atomic E-state index is 9.32. The van der Waals surface area contributed by atoms with E-state index in [2.05, 4.69) is 36.1 Å². The van der Waals surface area contributed by atoms with Crippen molar-refractivity contribution in [3.05, 3.63) is 23.4 Å². The Balaban J connectivity index is 1.27. The molecule has 1 aliphatic carbocycles. The van der Waals surface area contributed by atoms with E-state index in [0.717, 1.165) is 56.7 Å². The standard InChI is InChI=1S/C21H27N7O3/c1-29-16-5-6-28-18(8-16)26-27-19(28)13-3-2-4-15(7-13)24-21-23-10-14(9-22)20(25-21)31-17-11-30-12-17/h10,13,15-17H,2-8,11-12H2,1H3,(H,23,24,25)/t13-,15+,16+/m0/s1. The molecule has 4 heterocycles. The summed E-state index contributed by atoms with van der Waals surface area (Å²) >= 11 is 0. The molecule has 0 amide bonds. The molecule has 2 fully saturated rings. The van der Waals surface area contributed by atoms with Gasteiger partial charge in [-0.2, -0.15) is 10.2 Å². The fourth-order valence-corrected chi connectivity index (χ4v) is 4.61. The molecule has 1 saturated heterocycles. The minimum Gasteiger partial charge on any atom is -0.468 e. The van der Waals surface area contributed by atoms with Crippen LogP contribution in [0.1, 0.15) is 55.2 Å². The minimum atomic E-state index is -0.0502. The number of hydrogen-bond acceptors (Lipinski definition) is 9. The maximum absolute atomic E-state index is 9.32. The van der Waals surface area contributed by atoms with Gasteiger partial charge in [0.25, 0.3) is 0 Å². The number of nitrogens with zero attached hydrogens (tertiary/aromatic N) is 6. The molecule has 2 aliphatic heterocycles. The van der Waals surface area contributed by atoms with Gasteiger partial charge in [-0.3, -0.25) is 0 Å². The van der Waals surface area contributed by atoms with E-state index in [9.17, 15) is 5.26 Å². The summed E-state index contributed by atoms with van der Waals surface area (Å²) in [6.45, 7) is 1.96. The van der Waals surface area contributed by atoms with Crippen molar-refractivity contribution in [2.45, 2.75) is 69.2 Å². The molecule has 3 atom stereocenters. The van der Waals surface area contributed by atoms with Crippen LogP contribution in [0.3, 0.4) is 0 Å². The highest BCUT2D eigenvalue weighted by molar-refractivity contribution is 5.41. The van der Waals surface area contributed by atoms with E-state index in [4.69, 9.17) is 14.2 Å². The molecule has 10 nitrogen and oxygen atoms in total. The second-order valence-electron chi connectivity index (χ2n) is 8.48. The van der Waals surface area contributed by atoms with Crippen LogP contribution >= 0.6 is 0 Å². The van der Waals surface area contributed by atoms with Crippen LogP contribution in [-0.4, -0.2) is 63.3 Å². The van der Waals surface area contributed by atoms with Crippen LogP contribution in [0, 0.1) is 11.3 Å². The smallest absolute Gasteiger partial charge is 0.237 e. The van der Waals surface area contributed by atoms with Gasteiger partial charge in [-0.05, 0) is 25.7 Å². The van der Waals surface area contributed by atoms with E-state index in [1.54, 1.807) is 7.11 Å². The molecule has 0 unspecified atom stereocenters. The van der Waals surface area contributed by atoms with Gasteiger partial charge in [0, 0.05) is 32.0 Å². The first kappa shape index (κ1) is 20.2. The Kier molecular flexibility index (Phi) is 5.70. The monoisotopic (exact) mass is 425 g/mol. The second kappa shape index (κ2) is 8.77. The normalized spacial score (nSPS) is 25.9. The summed E-state index contributed by atoms with van der Waals surface area (Å²) in [5.74, 6) is 3.28. The predicted molar refractivity (Wildman–Crippen MR) is 110 cm³/mol. The molecule has 0 spiro atoms. The fraction of sp³-hybridized carbons (Fsp3) is 0.667. The third-order valence-electron chi connectivity index (χ3n) is 6.41. The van der Waals surface area contributed by atoms with Gasteiger partial charge in [0.05, 0.1) is 25.5 Å². The highest BCUT2D eigenvalue weighted by atomic mass is 16.6. The molecule has 0 bridgehead atoms. The Hall–Kier alpha value is -2.77. The van der Waals surface area contributed by atoms with Crippen molar-refractivity contribution in [3.8, 4) is 11.9 Å². The zero-order valence-electron chi connectivity index (χ0n) is 17.7. The van der Waals surface area contributed by atoms with Crippen molar-refractivity contribution in [1.82, 2.24) is 24.7 Å². The lowest BCUT2D eigenvalue weighted by Gasteiger charge is -2.31. The molecular weight excluding hydrogens is 398 g/mol. The van der Waals surface area contributed by atoms with E-state index >= 15 is 0 Å². The molecule has 2 aromatic rings. The molecule has 0 radical (unpaired) electrons. The highest BCUT2D eigenvalue weighted by Crippen LogP contribution is 2.34. The lowest BCUT2D eigenvalue weighted by atomic mass is 9.85. The SMILES string of the molecule is CO[C@@H]1CCn2c(nnc2[C@H]2CCC[C@@H](Nc3ncc(C#N)c(OC4COC4)n3)C2)C1. The topological polar surface area (TPSA) is 120 Å². The van der Waals surface area contributed by atoms with Gasteiger partial charge in [-0.1, -0.05) is 6.42 Å². The number of nitriles is 1. The molecule has 5 rings (SSSR count). The Morgan fingerprint density at radius 3 is 2.90 bits per heavy atom. The van der Waals surface area contributed by atoms with Crippen LogP contribution in [0.5, 0.6) is 5.88 Å². The van der Waals surface area contributed by atoms with Crippen molar-refractivity contribution in [2.75, 3.05) is 25.6 Å². The van der Waals surface area contributed by atoms with Crippen LogP contribution in [0.4, 0.5) is 5.95 Å². The molecule has 1 saturated carbocycles. The summed E-state index contributed by atoms with van der Waals surface area (Å²) in [6.07, 6.45) is 7.72. The number of anilines is 1. The third-order valence-corrected chi connectivity index (χ3v) is 6.41. The van der Waals surface area contributed by atoms with Gasteiger partial charge in [-0.15, -0.1) is 10.2 Å². The van der Waals surface area contributed by atoms with E-state index in [0.29, 0.717) is 36.5 Å². The number of hydrogen-bond donors (Lipinski definition) is 1. The van der Waals surface area contributed by atoms with Crippen molar-refractivity contribution < 1.29 is 14.2 Å². The molecule has 1 N–H and O–H groups in total. The molecular formula is C21H27N7O3. The van der Waals surface area contributed by atoms with E-state index in [1.807, 2.05) is 0 Å². The summed E-state index contributed by atoms with van der Waals surface area (Å²) in [6, 6.07) is 2.33. The largest absolute Gasteiger partial charge is 0.468 e. The Morgan fingerprint density at radius 1 is 1.23 bits per heavy atom. The first-order chi connectivity index (χ1) is 15.2. The molecule has 31 heavy (non-hydrogen) atoms. The number of rotatable bonds is 6. The predicted octanol–water partition coefficient (Wildman–Crippen LogP) is 1.82. The average molecular weight is 425 g/mol. The van der Waals surface area contributed by atoms with E-state index < -0.39 is 0 Å². The Morgan fingerprint density at radius 2 is 2.13 bits per heavy atom. The third kappa shape index (κ3) is 4.20. The number of nitrogens with one attached hydrogen (secondary N) is 1. The van der Waals surface area contributed by atoms with Crippen LogP contribution < -0.4 is 10.1 Å².